The first-order valence-corrected chi connectivity index (χ1v) is 3.76. The number of primary amides is 1. The number of nitrogens with zero attached hydrogens (tertiary/aromatic N) is 1. The first-order valence-electron chi connectivity index (χ1n) is 3.76. The third-order valence-electron chi connectivity index (χ3n) is 0.728. The van der Waals surface area contributed by atoms with Crippen molar-refractivity contribution >= 4 is 12.2 Å². The standard InChI is InChI=1S/C6H10O.C3H6N2O/c1-3-5-7-6-4-2;1-2-5-3(4)6/h3-4H,1-2,5-6H2;2H,1H3,(H2,4,6). The predicted molar refractivity (Wildman–Crippen MR) is 55.0 cm³/mol. The summed E-state index contributed by atoms with van der Waals surface area (Å²) in [5.74, 6) is 0. The lowest BCUT2D eigenvalue weighted by Crippen LogP contribution is -2.02. The monoisotopic (exact) mass is 184 g/mol. The quantitative estimate of drug-likeness (QED) is 0.409. The van der Waals surface area contributed by atoms with Gasteiger partial charge in [-0.05, 0) is 6.92 Å². The van der Waals surface area contributed by atoms with Crippen molar-refractivity contribution in [2.24, 2.45) is 10.7 Å². The SMILES string of the molecule is C=CCOCC=C.CC=NC(N)=O. The summed E-state index contributed by atoms with van der Waals surface area (Å²) in [6.45, 7) is 9.81. The molecule has 0 unspecified atom stereocenters. The van der Waals surface area contributed by atoms with Crippen molar-refractivity contribution in [2.75, 3.05) is 13.2 Å². The molecule has 0 atom stereocenters. The van der Waals surface area contributed by atoms with Gasteiger partial charge in [-0.3, -0.25) is 0 Å². The summed E-state index contributed by atoms with van der Waals surface area (Å²) in [6.07, 6.45) is 4.77. The minimum absolute atomic E-state index is 0.617. The van der Waals surface area contributed by atoms with Crippen LogP contribution in [-0.2, 0) is 4.74 Å². The lowest BCUT2D eigenvalue weighted by Gasteiger charge is -1.89. The van der Waals surface area contributed by atoms with E-state index in [9.17, 15) is 4.79 Å². The summed E-state index contributed by atoms with van der Waals surface area (Å²) in [6, 6.07) is -0.641. The molecule has 0 radical (unpaired) electrons. The molecule has 0 rings (SSSR count). The van der Waals surface area contributed by atoms with Crippen molar-refractivity contribution in [2.45, 2.75) is 6.92 Å². The number of amides is 2. The second-order valence-corrected chi connectivity index (χ2v) is 1.84. The molecule has 0 aliphatic rings. The lowest BCUT2D eigenvalue weighted by atomic mass is 10.6. The summed E-state index contributed by atoms with van der Waals surface area (Å²) >= 11 is 0. The van der Waals surface area contributed by atoms with Crippen LogP contribution in [0.2, 0.25) is 0 Å². The molecule has 0 aromatic heterocycles. The van der Waals surface area contributed by atoms with Crippen molar-refractivity contribution in [3.8, 4) is 0 Å². The third kappa shape index (κ3) is 25.0. The van der Waals surface area contributed by atoms with Crippen molar-refractivity contribution in [1.29, 1.82) is 0 Å². The van der Waals surface area contributed by atoms with Crippen molar-refractivity contribution in [3.63, 3.8) is 0 Å². The Morgan fingerprint density at radius 2 is 1.92 bits per heavy atom. The summed E-state index contributed by atoms with van der Waals surface area (Å²) in [4.78, 5) is 12.8. The second kappa shape index (κ2) is 13.2. The van der Waals surface area contributed by atoms with E-state index in [0.29, 0.717) is 13.2 Å². The first kappa shape index (κ1) is 14.1. The molecule has 0 spiro atoms. The fourth-order valence-electron chi connectivity index (χ4n) is 0.362. The van der Waals surface area contributed by atoms with Crippen LogP contribution in [0.5, 0.6) is 0 Å². The van der Waals surface area contributed by atoms with E-state index in [1.54, 1.807) is 19.1 Å². The zero-order valence-electron chi connectivity index (χ0n) is 7.90. The fraction of sp³-hybridized carbons (Fsp3) is 0.333. The molecule has 4 nitrogen and oxygen atoms in total. The van der Waals surface area contributed by atoms with Crippen LogP contribution in [0.4, 0.5) is 4.79 Å². The topological polar surface area (TPSA) is 64.7 Å². The van der Waals surface area contributed by atoms with Gasteiger partial charge in [0.1, 0.15) is 0 Å². The van der Waals surface area contributed by atoms with Crippen LogP contribution in [0, 0.1) is 0 Å². The first-order chi connectivity index (χ1) is 6.18. The Balaban J connectivity index is 0. The van der Waals surface area contributed by atoms with E-state index in [1.807, 2.05) is 0 Å². The lowest BCUT2D eigenvalue weighted by molar-refractivity contribution is 0.194. The molecule has 0 saturated carbocycles. The zero-order chi connectivity index (χ0) is 10.5. The molecule has 0 aliphatic carbocycles. The average molecular weight is 184 g/mol. The summed E-state index contributed by atoms with van der Waals surface area (Å²) in [5, 5.41) is 0. The molecule has 2 amide bonds. The maximum atomic E-state index is 9.62. The zero-order valence-corrected chi connectivity index (χ0v) is 7.90. The molecule has 4 heteroatoms. The number of rotatable bonds is 4. The molecule has 0 bridgehead atoms. The van der Waals surface area contributed by atoms with Crippen molar-refractivity contribution < 1.29 is 9.53 Å². The van der Waals surface area contributed by atoms with Gasteiger partial charge in [0.05, 0.1) is 13.2 Å². The molecular formula is C9H16N2O2. The number of ether oxygens (including phenoxy) is 1. The number of aliphatic imine (C=N–C) groups is 1. The van der Waals surface area contributed by atoms with Crippen LogP contribution in [0.15, 0.2) is 30.3 Å². The molecule has 13 heavy (non-hydrogen) atoms. The van der Waals surface area contributed by atoms with Crippen LogP contribution in [0.3, 0.4) is 0 Å². The largest absolute Gasteiger partial charge is 0.373 e. The van der Waals surface area contributed by atoms with E-state index in [0.717, 1.165) is 0 Å². The summed E-state index contributed by atoms with van der Waals surface area (Å²) in [7, 11) is 0. The average Bonchev–Trinajstić information content (AvgIpc) is 2.06. The van der Waals surface area contributed by atoms with E-state index < -0.39 is 6.03 Å². The minimum Gasteiger partial charge on any atom is -0.373 e. The molecule has 2 N–H and O–H groups in total. The number of carbonyl (C=O) groups excluding carboxylic acids is 1. The van der Waals surface area contributed by atoms with E-state index in [1.165, 1.54) is 6.21 Å². The highest BCUT2D eigenvalue weighted by Crippen LogP contribution is 1.72. The number of carbonyl (C=O) groups is 1. The van der Waals surface area contributed by atoms with Gasteiger partial charge in [0.2, 0.25) is 0 Å². The van der Waals surface area contributed by atoms with E-state index in [-0.39, 0.29) is 0 Å². The minimum atomic E-state index is -0.641. The van der Waals surface area contributed by atoms with Gasteiger partial charge in [-0.15, -0.1) is 13.2 Å². The highest BCUT2D eigenvalue weighted by molar-refractivity contribution is 5.81. The number of nitrogens with two attached hydrogens (primary N) is 1. The maximum absolute atomic E-state index is 9.62. The van der Waals surface area contributed by atoms with E-state index in [4.69, 9.17) is 4.74 Å². The van der Waals surface area contributed by atoms with Gasteiger partial charge in [-0.25, -0.2) is 9.79 Å². The van der Waals surface area contributed by atoms with Gasteiger partial charge in [0.25, 0.3) is 0 Å². The van der Waals surface area contributed by atoms with Crippen molar-refractivity contribution in [3.05, 3.63) is 25.3 Å². The Morgan fingerprint density at radius 3 is 2.08 bits per heavy atom. The number of hydrogen-bond donors (Lipinski definition) is 1. The van der Waals surface area contributed by atoms with E-state index in [2.05, 4.69) is 23.9 Å². The molecule has 0 aromatic rings. The molecular weight excluding hydrogens is 168 g/mol. The molecule has 0 saturated heterocycles. The predicted octanol–water partition coefficient (Wildman–Crippen LogP) is 1.53. The van der Waals surface area contributed by atoms with Crippen LogP contribution in [0.25, 0.3) is 0 Å². The smallest absolute Gasteiger partial charge is 0.337 e. The molecule has 0 aliphatic heterocycles. The molecule has 0 aromatic carbocycles. The van der Waals surface area contributed by atoms with Crippen LogP contribution in [-0.4, -0.2) is 25.5 Å². The van der Waals surface area contributed by atoms with Crippen molar-refractivity contribution in [1.82, 2.24) is 0 Å². The van der Waals surface area contributed by atoms with Gasteiger partial charge in [0, 0.05) is 6.21 Å². The summed E-state index contributed by atoms with van der Waals surface area (Å²) < 4.78 is 4.90. The maximum Gasteiger partial charge on any atom is 0.337 e. The number of urea groups is 1. The van der Waals surface area contributed by atoms with Crippen LogP contribution < -0.4 is 5.73 Å². The third-order valence-corrected chi connectivity index (χ3v) is 0.728. The Hall–Kier alpha value is -1.42. The van der Waals surface area contributed by atoms with Gasteiger partial charge < -0.3 is 10.5 Å². The van der Waals surface area contributed by atoms with Gasteiger partial charge in [-0.2, -0.15) is 0 Å². The molecule has 0 heterocycles. The Bertz CT molecular complexity index is 168. The number of hydrogen-bond acceptors (Lipinski definition) is 2. The van der Waals surface area contributed by atoms with Gasteiger partial charge in [0.15, 0.2) is 0 Å². The van der Waals surface area contributed by atoms with Gasteiger partial charge in [-0.1, -0.05) is 12.2 Å². The second-order valence-electron chi connectivity index (χ2n) is 1.84. The highest BCUT2D eigenvalue weighted by Gasteiger charge is 1.74. The Kier molecular flexibility index (Phi) is 14.3. The normalized spacial score (nSPS) is 8.69. The van der Waals surface area contributed by atoms with Gasteiger partial charge >= 0.3 is 6.03 Å². The van der Waals surface area contributed by atoms with E-state index >= 15 is 0 Å². The van der Waals surface area contributed by atoms with Crippen LogP contribution >= 0.6 is 0 Å². The fourth-order valence-corrected chi connectivity index (χ4v) is 0.362. The highest BCUT2D eigenvalue weighted by atomic mass is 16.5. The van der Waals surface area contributed by atoms with Crippen LogP contribution in [0.1, 0.15) is 6.92 Å². The Labute approximate surface area is 78.8 Å². The Morgan fingerprint density at radius 1 is 1.46 bits per heavy atom. The molecule has 74 valence electrons. The summed E-state index contributed by atoms with van der Waals surface area (Å²) in [5.41, 5.74) is 4.57. The molecule has 0 fully saturated rings.